The Hall–Kier alpha value is -0.250. The number of carbonyl (C=O) groups is 1. The lowest BCUT2D eigenvalue weighted by atomic mass is 10.2. The SMILES string of the molecule is O=C(NC1(CCl)CC1)c1ccc(Br)c(Cl)c1. The molecule has 0 aromatic heterocycles. The minimum absolute atomic E-state index is 0.118. The lowest BCUT2D eigenvalue weighted by Gasteiger charge is -2.14. The first kappa shape index (κ1) is 12.2. The van der Waals surface area contributed by atoms with Crippen molar-refractivity contribution in [2.45, 2.75) is 18.4 Å². The average Bonchev–Trinajstić information content (AvgIpc) is 3.02. The summed E-state index contributed by atoms with van der Waals surface area (Å²) in [7, 11) is 0. The Labute approximate surface area is 112 Å². The van der Waals surface area contributed by atoms with Gasteiger partial charge in [-0.3, -0.25) is 4.79 Å². The van der Waals surface area contributed by atoms with Crippen molar-refractivity contribution >= 4 is 45.0 Å². The van der Waals surface area contributed by atoms with Gasteiger partial charge in [0.15, 0.2) is 0 Å². The van der Waals surface area contributed by atoms with Crippen LogP contribution in [0.4, 0.5) is 0 Å². The number of rotatable bonds is 3. The van der Waals surface area contributed by atoms with Crippen LogP contribution in [-0.4, -0.2) is 17.3 Å². The van der Waals surface area contributed by atoms with Gasteiger partial charge in [0, 0.05) is 15.9 Å². The van der Waals surface area contributed by atoms with E-state index in [1.165, 1.54) is 0 Å². The van der Waals surface area contributed by atoms with Crippen molar-refractivity contribution in [1.82, 2.24) is 5.32 Å². The molecule has 86 valence electrons. The highest BCUT2D eigenvalue weighted by atomic mass is 79.9. The highest BCUT2D eigenvalue weighted by Crippen LogP contribution is 2.36. The second kappa shape index (κ2) is 4.55. The molecule has 1 N–H and O–H groups in total. The van der Waals surface area contributed by atoms with Crippen LogP contribution in [0.25, 0.3) is 0 Å². The predicted molar refractivity (Wildman–Crippen MR) is 69.3 cm³/mol. The van der Waals surface area contributed by atoms with Crippen molar-refractivity contribution in [2.75, 3.05) is 5.88 Å². The van der Waals surface area contributed by atoms with Gasteiger partial charge in [-0.05, 0) is 47.0 Å². The van der Waals surface area contributed by atoms with Crippen LogP contribution in [0.2, 0.25) is 5.02 Å². The maximum Gasteiger partial charge on any atom is 0.251 e. The fraction of sp³-hybridized carbons (Fsp3) is 0.364. The fourth-order valence-corrected chi connectivity index (χ4v) is 2.15. The molecule has 0 heterocycles. The van der Waals surface area contributed by atoms with Crippen LogP contribution in [-0.2, 0) is 0 Å². The van der Waals surface area contributed by atoms with E-state index in [0.717, 1.165) is 17.3 Å². The van der Waals surface area contributed by atoms with Crippen LogP contribution in [0.1, 0.15) is 23.2 Å². The van der Waals surface area contributed by atoms with Crippen LogP contribution < -0.4 is 5.32 Å². The van der Waals surface area contributed by atoms with Gasteiger partial charge in [-0.1, -0.05) is 11.6 Å². The smallest absolute Gasteiger partial charge is 0.251 e. The van der Waals surface area contributed by atoms with Crippen molar-refractivity contribution in [3.63, 3.8) is 0 Å². The van der Waals surface area contributed by atoms with Crippen molar-refractivity contribution in [1.29, 1.82) is 0 Å². The van der Waals surface area contributed by atoms with Gasteiger partial charge in [-0.15, -0.1) is 11.6 Å². The van der Waals surface area contributed by atoms with E-state index >= 15 is 0 Å². The molecule has 1 aliphatic rings. The van der Waals surface area contributed by atoms with E-state index in [-0.39, 0.29) is 11.4 Å². The fourth-order valence-electron chi connectivity index (χ4n) is 1.39. The number of halogens is 3. The van der Waals surface area contributed by atoms with Gasteiger partial charge in [0.05, 0.1) is 10.6 Å². The van der Waals surface area contributed by atoms with Gasteiger partial charge in [0.25, 0.3) is 5.91 Å². The van der Waals surface area contributed by atoms with Gasteiger partial charge in [0.2, 0.25) is 0 Å². The zero-order chi connectivity index (χ0) is 11.8. The third-order valence-electron chi connectivity index (χ3n) is 2.67. The molecule has 16 heavy (non-hydrogen) atoms. The average molecular weight is 323 g/mol. The van der Waals surface area contributed by atoms with E-state index in [4.69, 9.17) is 23.2 Å². The van der Waals surface area contributed by atoms with Crippen LogP contribution in [0.5, 0.6) is 0 Å². The highest BCUT2D eigenvalue weighted by Gasteiger charge is 2.43. The number of benzene rings is 1. The van der Waals surface area contributed by atoms with Crippen molar-refractivity contribution < 1.29 is 4.79 Å². The van der Waals surface area contributed by atoms with Gasteiger partial charge in [-0.2, -0.15) is 0 Å². The van der Waals surface area contributed by atoms with Crippen molar-refractivity contribution in [3.8, 4) is 0 Å². The molecule has 0 saturated heterocycles. The van der Waals surface area contributed by atoms with Gasteiger partial charge >= 0.3 is 0 Å². The van der Waals surface area contributed by atoms with Crippen molar-refractivity contribution in [3.05, 3.63) is 33.3 Å². The standard InChI is InChI=1S/C11H10BrCl2NO/c12-8-2-1-7(5-9(8)14)10(16)15-11(6-13)3-4-11/h1-2,5H,3-4,6H2,(H,15,16). The Morgan fingerprint density at radius 3 is 2.69 bits per heavy atom. The molecule has 5 heteroatoms. The maximum absolute atomic E-state index is 11.9. The molecule has 1 amide bonds. The summed E-state index contributed by atoms with van der Waals surface area (Å²) in [6, 6.07) is 5.14. The third-order valence-corrected chi connectivity index (χ3v) is 4.41. The number of alkyl halides is 1. The quantitative estimate of drug-likeness (QED) is 0.846. The Morgan fingerprint density at radius 2 is 2.19 bits per heavy atom. The number of nitrogens with one attached hydrogen (secondary N) is 1. The highest BCUT2D eigenvalue weighted by molar-refractivity contribution is 9.10. The topological polar surface area (TPSA) is 29.1 Å². The predicted octanol–water partition coefficient (Wildman–Crippen LogP) is 3.60. The number of hydrogen-bond donors (Lipinski definition) is 1. The normalized spacial score (nSPS) is 16.9. The molecule has 0 bridgehead atoms. The molecule has 1 aliphatic carbocycles. The molecule has 0 atom stereocenters. The first-order valence-corrected chi connectivity index (χ1v) is 6.60. The molecule has 0 aliphatic heterocycles. The largest absolute Gasteiger partial charge is 0.345 e. The Balaban J connectivity index is 2.12. The zero-order valence-corrected chi connectivity index (χ0v) is 11.5. The molecule has 0 radical (unpaired) electrons. The molecule has 0 spiro atoms. The van der Waals surface area contributed by atoms with E-state index in [9.17, 15) is 4.79 Å². The Kier molecular flexibility index (Phi) is 3.48. The number of carbonyl (C=O) groups excluding carboxylic acids is 1. The Morgan fingerprint density at radius 1 is 1.50 bits per heavy atom. The monoisotopic (exact) mass is 321 g/mol. The van der Waals surface area contributed by atoms with Crippen LogP contribution in [0.3, 0.4) is 0 Å². The molecule has 1 aromatic carbocycles. The van der Waals surface area contributed by atoms with Gasteiger partial charge in [0.1, 0.15) is 0 Å². The summed E-state index contributed by atoms with van der Waals surface area (Å²) >= 11 is 15.0. The van der Waals surface area contributed by atoms with Gasteiger partial charge < -0.3 is 5.32 Å². The maximum atomic E-state index is 11.9. The minimum atomic E-state index is -0.182. The summed E-state index contributed by atoms with van der Waals surface area (Å²) in [6.45, 7) is 0. The second-order valence-electron chi connectivity index (χ2n) is 4.00. The van der Waals surface area contributed by atoms with E-state index in [1.54, 1.807) is 18.2 Å². The van der Waals surface area contributed by atoms with Crippen LogP contribution >= 0.6 is 39.1 Å². The van der Waals surface area contributed by atoms with E-state index in [1.807, 2.05) is 0 Å². The molecular weight excluding hydrogens is 313 g/mol. The molecule has 0 unspecified atom stereocenters. The second-order valence-corrected chi connectivity index (χ2v) is 5.53. The molecule has 2 rings (SSSR count). The molecular formula is C11H10BrCl2NO. The van der Waals surface area contributed by atoms with Crippen LogP contribution in [0, 0.1) is 0 Å². The lowest BCUT2D eigenvalue weighted by Crippen LogP contribution is -2.38. The summed E-state index contributed by atoms with van der Waals surface area (Å²) in [5.41, 5.74) is 0.377. The third kappa shape index (κ3) is 2.53. The lowest BCUT2D eigenvalue weighted by molar-refractivity contribution is 0.0936. The first-order valence-electron chi connectivity index (χ1n) is 4.90. The summed E-state index contributed by atoms with van der Waals surface area (Å²) in [5, 5.41) is 3.47. The summed E-state index contributed by atoms with van der Waals surface area (Å²) in [4.78, 5) is 11.9. The molecule has 2 nitrogen and oxygen atoms in total. The minimum Gasteiger partial charge on any atom is -0.345 e. The summed E-state index contributed by atoms with van der Waals surface area (Å²) in [6.07, 6.45) is 1.90. The zero-order valence-electron chi connectivity index (χ0n) is 8.40. The Bertz CT molecular complexity index is 432. The number of amides is 1. The van der Waals surface area contributed by atoms with E-state index in [0.29, 0.717) is 16.5 Å². The van der Waals surface area contributed by atoms with Crippen molar-refractivity contribution in [2.24, 2.45) is 0 Å². The van der Waals surface area contributed by atoms with E-state index < -0.39 is 0 Å². The molecule has 1 saturated carbocycles. The number of hydrogen-bond acceptors (Lipinski definition) is 1. The van der Waals surface area contributed by atoms with Crippen LogP contribution in [0.15, 0.2) is 22.7 Å². The molecule has 1 aromatic rings. The van der Waals surface area contributed by atoms with Gasteiger partial charge in [-0.25, -0.2) is 0 Å². The summed E-state index contributed by atoms with van der Waals surface area (Å²) < 4.78 is 0.782. The molecule has 1 fully saturated rings. The van der Waals surface area contributed by atoms with E-state index in [2.05, 4.69) is 21.2 Å². The summed E-state index contributed by atoms with van der Waals surface area (Å²) in [5.74, 6) is 0.343. The first-order chi connectivity index (χ1) is 7.56.